The number of anilines is 1. The van der Waals surface area contributed by atoms with E-state index in [2.05, 4.69) is 5.10 Å². The molecule has 0 amide bonds. The van der Waals surface area contributed by atoms with Crippen LogP contribution in [-0.4, -0.2) is 9.78 Å². The van der Waals surface area contributed by atoms with Crippen LogP contribution in [0, 0.1) is 17.1 Å². The first-order valence-electron chi connectivity index (χ1n) is 7.35. The molecular formula is C18H15FN4O. The Kier molecular flexibility index (Phi) is 4.43. The number of hydrogen-bond donors (Lipinski definition) is 1. The van der Waals surface area contributed by atoms with Crippen molar-refractivity contribution in [1.29, 1.82) is 5.26 Å². The van der Waals surface area contributed by atoms with Crippen molar-refractivity contribution in [1.82, 2.24) is 9.78 Å². The molecule has 0 aliphatic rings. The Morgan fingerprint density at radius 1 is 1.08 bits per heavy atom. The fourth-order valence-corrected chi connectivity index (χ4v) is 2.27. The van der Waals surface area contributed by atoms with Gasteiger partial charge in [-0.1, -0.05) is 42.5 Å². The molecule has 3 rings (SSSR count). The first-order valence-corrected chi connectivity index (χ1v) is 7.35. The fraction of sp³-hybridized carbons (Fsp3) is 0.111. The van der Waals surface area contributed by atoms with Crippen LogP contribution in [0.2, 0.25) is 0 Å². The highest BCUT2D eigenvalue weighted by Gasteiger charge is 2.17. The van der Waals surface area contributed by atoms with Crippen LogP contribution < -0.4 is 10.5 Å². The molecule has 0 saturated carbocycles. The predicted molar refractivity (Wildman–Crippen MR) is 87.6 cm³/mol. The van der Waals surface area contributed by atoms with E-state index in [1.165, 1.54) is 16.8 Å². The van der Waals surface area contributed by atoms with Crippen molar-refractivity contribution in [2.75, 3.05) is 5.73 Å². The Morgan fingerprint density at radius 2 is 1.79 bits per heavy atom. The largest absolute Gasteiger partial charge is 0.471 e. The fourth-order valence-electron chi connectivity index (χ4n) is 2.27. The number of nitriles is 1. The standard InChI is InChI=1S/C18H15FN4O/c19-15-8-6-14(7-9-15)12-24-18-16(10-20)17(21)23(22-18)11-13-4-2-1-3-5-13/h1-9H,11-12,21H2. The van der Waals surface area contributed by atoms with E-state index in [0.29, 0.717) is 6.54 Å². The number of hydrogen-bond acceptors (Lipinski definition) is 4. The van der Waals surface area contributed by atoms with E-state index in [1.54, 1.807) is 12.1 Å². The summed E-state index contributed by atoms with van der Waals surface area (Å²) in [6, 6.07) is 17.6. The van der Waals surface area contributed by atoms with E-state index in [-0.39, 0.29) is 29.7 Å². The monoisotopic (exact) mass is 322 g/mol. The maximum Gasteiger partial charge on any atom is 0.253 e. The molecule has 3 aromatic rings. The summed E-state index contributed by atoms with van der Waals surface area (Å²) in [6.45, 7) is 0.623. The van der Waals surface area contributed by atoms with Gasteiger partial charge in [-0.2, -0.15) is 5.26 Å². The minimum atomic E-state index is -0.312. The van der Waals surface area contributed by atoms with Crippen LogP contribution in [0.1, 0.15) is 16.7 Å². The molecule has 1 heterocycles. The lowest BCUT2D eigenvalue weighted by atomic mass is 10.2. The Hall–Kier alpha value is -3.33. The maximum absolute atomic E-state index is 12.9. The van der Waals surface area contributed by atoms with Crippen LogP contribution >= 0.6 is 0 Å². The molecule has 0 fully saturated rings. The molecule has 0 aliphatic carbocycles. The van der Waals surface area contributed by atoms with Gasteiger partial charge in [0.1, 0.15) is 24.3 Å². The van der Waals surface area contributed by atoms with Crippen molar-refractivity contribution in [3.8, 4) is 11.9 Å². The third-order valence-electron chi connectivity index (χ3n) is 3.54. The van der Waals surface area contributed by atoms with E-state index >= 15 is 0 Å². The zero-order valence-corrected chi connectivity index (χ0v) is 12.8. The summed E-state index contributed by atoms with van der Waals surface area (Å²) in [5.74, 6) is 0.124. The van der Waals surface area contributed by atoms with E-state index in [0.717, 1.165) is 11.1 Å². The highest BCUT2D eigenvalue weighted by molar-refractivity contribution is 5.55. The summed E-state index contributed by atoms with van der Waals surface area (Å²) < 4.78 is 20.0. The van der Waals surface area contributed by atoms with Crippen LogP contribution in [0.4, 0.5) is 10.2 Å². The molecule has 0 atom stereocenters. The first-order chi connectivity index (χ1) is 11.7. The highest BCUT2D eigenvalue weighted by Crippen LogP contribution is 2.24. The number of nitrogens with two attached hydrogens (primary N) is 1. The quantitative estimate of drug-likeness (QED) is 0.783. The second kappa shape index (κ2) is 6.84. The highest BCUT2D eigenvalue weighted by atomic mass is 19.1. The number of aromatic nitrogens is 2. The van der Waals surface area contributed by atoms with Crippen molar-refractivity contribution >= 4 is 5.82 Å². The summed E-state index contributed by atoms with van der Waals surface area (Å²) in [5, 5.41) is 13.6. The summed E-state index contributed by atoms with van der Waals surface area (Å²) in [4.78, 5) is 0. The van der Waals surface area contributed by atoms with Gasteiger partial charge in [-0.3, -0.25) is 0 Å². The average Bonchev–Trinajstić information content (AvgIpc) is 2.90. The molecule has 0 aliphatic heterocycles. The number of halogens is 1. The Morgan fingerprint density at radius 3 is 2.46 bits per heavy atom. The topological polar surface area (TPSA) is 76.9 Å². The molecule has 0 saturated heterocycles. The number of rotatable bonds is 5. The Labute approximate surface area is 138 Å². The first kappa shape index (κ1) is 15.6. The van der Waals surface area contributed by atoms with Crippen molar-refractivity contribution < 1.29 is 9.13 Å². The molecule has 2 aromatic carbocycles. The summed E-state index contributed by atoms with van der Waals surface area (Å²) in [6.07, 6.45) is 0. The normalized spacial score (nSPS) is 10.3. The van der Waals surface area contributed by atoms with Crippen LogP contribution in [0.3, 0.4) is 0 Å². The molecule has 1 aromatic heterocycles. The molecule has 24 heavy (non-hydrogen) atoms. The minimum Gasteiger partial charge on any atom is -0.471 e. The van der Waals surface area contributed by atoms with Crippen molar-refractivity contribution in [2.24, 2.45) is 0 Å². The average molecular weight is 322 g/mol. The predicted octanol–water partition coefficient (Wildman–Crippen LogP) is 3.10. The van der Waals surface area contributed by atoms with Crippen molar-refractivity contribution in [3.63, 3.8) is 0 Å². The van der Waals surface area contributed by atoms with Crippen LogP contribution in [-0.2, 0) is 13.2 Å². The molecule has 0 spiro atoms. The maximum atomic E-state index is 12.9. The zero-order chi connectivity index (χ0) is 16.9. The van der Waals surface area contributed by atoms with Gasteiger partial charge in [0.15, 0.2) is 5.56 Å². The van der Waals surface area contributed by atoms with E-state index in [4.69, 9.17) is 10.5 Å². The van der Waals surface area contributed by atoms with E-state index in [9.17, 15) is 9.65 Å². The van der Waals surface area contributed by atoms with Crippen LogP contribution in [0.25, 0.3) is 0 Å². The van der Waals surface area contributed by atoms with E-state index in [1.807, 2.05) is 36.4 Å². The van der Waals surface area contributed by atoms with Gasteiger partial charge < -0.3 is 10.5 Å². The summed E-state index contributed by atoms with van der Waals surface area (Å²) >= 11 is 0. The molecular weight excluding hydrogens is 307 g/mol. The van der Waals surface area contributed by atoms with Gasteiger partial charge in [0.2, 0.25) is 0 Å². The lowest BCUT2D eigenvalue weighted by Gasteiger charge is -2.04. The third kappa shape index (κ3) is 3.36. The second-order valence-corrected chi connectivity index (χ2v) is 5.24. The lowest BCUT2D eigenvalue weighted by molar-refractivity contribution is 0.289. The van der Waals surface area contributed by atoms with Crippen LogP contribution in [0.15, 0.2) is 54.6 Å². The van der Waals surface area contributed by atoms with Gasteiger partial charge in [-0.15, -0.1) is 5.10 Å². The van der Waals surface area contributed by atoms with Gasteiger partial charge in [0.25, 0.3) is 5.88 Å². The van der Waals surface area contributed by atoms with Gasteiger partial charge in [-0.05, 0) is 23.3 Å². The number of benzene rings is 2. The van der Waals surface area contributed by atoms with Gasteiger partial charge in [0.05, 0.1) is 6.54 Å². The molecule has 6 heteroatoms. The lowest BCUT2D eigenvalue weighted by Crippen LogP contribution is -2.06. The van der Waals surface area contributed by atoms with Gasteiger partial charge >= 0.3 is 0 Å². The Bertz CT molecular complexity index is 867. The molecule has 0 radical (unpaired) electrons. The molecule has 5 nitrogen and oxygen atoms in total. The van der Waals surface area contributed by atoms with Gasteiger partial charge in [-0.25, -0.2) is 9.07 Å². The number of nitrogen functional groups attached to an aromatic ring is 1. The number of ether oxygens (including phenoxy) is 1. The SMILES string of the molecule is N#Cc1c(OCc2ccc(F)cc2)nn(Cc2ccccc2)c1N. The summed E-state index contributed by atoms with van der Waals surface area (Å²) in [7, 11) is 0. The Balaban J connectivity index is 1.79. The smallest absolute Gasteiger partial charge is 0.253 e. The third-order valence-corrected chi connectivity index (χ3v) is 3.54. The van der Waals surface area contributed by atoms with E-state index < -0.39 is 0 Å². The molecule has 0 unspecified atom stereocenters. The second-order valence-electron chi connectivity index (χ2n) is 5.24. The zero-order valence-electron chi connectivity index (χ0n) is 12.8. The van der Waals surface area contributed by atoms with Gasteiger partial charge in [0, 0.05) is 0 Å². The molecule has 2 N–H and O–H groups in total. The minimum absolute atomic E-state index is 0.176. The number of nitrogens with zero attached hydrogens (tertiary/aromatic N) is 3. The summed E-state index contributed by atoms with van der Waals surface area (Å²) in [5.41, 5.74) is 7.99. The van der Waals surface area contributed by atoms with Crippen LogP contribution in [0.5, 0.6) is 5.88 Å². The molecule has 120 valence electrons. The van der Waals surface area contributed by atoms with Crippen molar-refractivity contribution in [2.45, 2.75) is 13.2 Å². The molecule has 0 bridgehead atoms. The van der Waals surface area contributed by atoms with Crippen molar-refractivity contribution in [3.05, 3.63) is 77.1 Å².